The standard InChI is InChI=1S/C9H12N4O5S/c10-19(17,18)4-5-1-7(14)13(3-5)8-6(9(15)16)2-11-12-8/h2,5H,1,3-4H2,(H,11,12)(H,15,16)(H2,10,17,18). The van der Waals surface area contributed by atoms with Crippen molar-refractivity contribution in [2.75, 3.05) is 17.2 Å². The van der Waals surface area contributed by atoms with E-state index in [1.807, 2.05) is 0 Å². The van der Waals surface area contributed by atoms with Gasteiger partial charge in [0.1, 0.15) is 11.4 Å². The number of anilines is 1. The van der Waals surface area contributed by atoms with Crippen LogP contribution in [0.3, 0.4) is 0 Å². The van der Waals surface area contributed by atoms with Crippen LogP contribution in [-0.2, 0) is 14.8 Å². The fourth-order valence-corrected chi connectivity index (χ4v) is 2.96. The monoisotopic (exact) mass is 288 g/mol. The van der Waals surface area contributed by atoms with E-state index in [-0.39, 0.29) is 36.0 Å². The third-order valence-corrected chi connectivity index (χ3v) is 3.73. The molecule has 19 heavy (non-hydrogen) atoms. The SMILES string of the molecule is NS(=O)(=O)CC1CC(=O)N(c2[nH]ncc2C(=O)O)C1. The summed E-state index contributed by atoms with van der Waals surface area (Å²) < 4.78 is 22.0. The minimum Gasteiger partial charge on any atom is -0.477 e. The first-order valence-electron chi connectivity index (χ1n) is 5.35. The van der Waals surface area contributed by atoms with Crippen molar-refractivity contribution in [3.8, 4) is 0 Å². The number of aromatic amines is 1. The second-order valence-electron chi connectivity index (χ2n) is 4.34. The van der Waals surface area contributed by atoms with E-state index in [1.54, 1.807) is 0 Å². The second-order valence-corrected chi connectivity index (χ2v) is 6.00. The molecule has 0 radical (unpaired) electrons. The number of nitrogens with one attached hydrogen (secondary N) is 1. The maximum absolute atomic E-state index is 11.8. The molecule has 4 N–H and O–H groups in total. The Balaban J connectivity index is 2.21. The van der Waals surface area contributed by atoms with Gasteiger partial charge in [-0.1, -0.05) is 0 Å². The van der Waals surface area contributed by atoms with Crippen LogP contribution in [0.1, 0.15) is 16.8 Å². The van der Waals surface area contributed by atoms with Crippen LogP contribution in [0.4, 0.5) is 5.82 Å². The van der Waals surface area contributed by atoms with E-state index in [0.717, 1.165) is 6.20 Å². The smallest absolute Gasteiger partial charge is 0.341 e. The Morgan fingerprint density at radius 2 is 2.32 bits per heavy atom. The number of nitrogens with two attached hydrogens (primary N) is 1. The number of rotatable bonds is 4. The summed E-state index contributed by atoms with van der Waals surface area (Å²) in [6.45, 7) is 0.0950. The number of sulfonamides is 1. The first-order valence-corrected chi connectivity index (χ1v) is 7.07. The van der Waals surface area contributed by atoms with Crippen molar-refractivity contribution in [2.24, 2.45) is 11.1 Å². The Hall–Kier alpha value is -1.94. The topological polar surface area (TPSA) is 146 Å². The lowest BCUT2D eigenvalue weighted by Gasteiger charge is -2.14. The van der Waals surface area contributed by atoms with E-state index >= 15 is 0 Å². The molecule has 1 aliphatic heterocycles. The highest BCUT2D eigenvalue weighted by Crippen LogP contribution is 2.26. The van der Waals surface area contributed by atoms with Gasteiger partial charge in [0.25, 0.3) is 0 Å². The van der Waals surface area contributed by atoms with Crippen LogP contribution in [0, 0.1) is 5.92 Å². The van der Waals surface area contributed by atoms with Gasteiger partial charge in [0.05, 0.1) is 11.9 Å². The van der Waals surface area contributed by atoms with Gasteiger partial charge in [-0.3, -0.25) is 14.8 Å². The van der Waals surface area contributed by atoms with Crippen molar-refractivity contribution in [3.63, 3.8) is 0 Å². The molecule has 1 saturated heterocycles. The molecule has 0 bridgehead atoms. The number of carbonyl (C=O) groups is 2. The molecule has 104 valence electrons. The van der Waals surface area contributed by atoms with Crippen LogP contribution >= 0.6 is 0 Å². The average molecular weight is 288 g/mol. The van der Waals surface area contributed by atoms with Crippen molar-refractivity contribution in [1.29, 1.82) is 0 Å². The molecule has 1 amide bonds. The summed E-state index contributed by atoms with van der Waals surface area (Å²) in [5.41, 5.74) is -0.135. The number of H-pyrrole nitrogens is 1. The zero-order valence-electron chi connectivity index (χ0n) is 9.74. The van der Waals surface area contributed by atoms with Gasteiger partial charge in [0.15, 0.2) is 0 Å². The quantitative estimate of drug-likeness (QED) is 0.630. The number of carboxylic acid groups (broad SMARTS) is 1. The van der Waals surface area contributed by atoms with Crippen LogP contribution in [0.15, 0.2) is 6.20 Å². The summed E-state index contributed by atoms with van der Waals surface area (Å²) in [5.74, 6) is -2.28. The van der Waals surface area contributed by atoms with Crippen molar-refractivity contribution in [3.05, 3.63) is 11.8 Å². The Kier molecular flexibility index (Phi) is 3.28. The molecule has 0 aliphatic carbocycles. The molecule has 9 nitrogen and oxygen atoms in total. The lowest BCUT2D eigenvalue weighted by molar-refractivity contribution is -0.117. The zero-order chi connectivity index (χ0) is 14.2. The molecule has 2 heterocycles. The van der Waals surface area contributed by atoms with E-state index in [2.05, 4.69) is 10.2 Å². The molecule has 1 fully saturated rings. The maximum Gasteiger partial charge on any atom is 0.341 e. The van der Waals surface area contributed by atoms with Gasteiger partial charge in [0, 0.05) is 18.9 Å². The van der Waals surface area contributed by atoms with Crippen LogP contribution in [0.25, 0.3) is 0 Å². The number of hydrogen-bond donors (Lipinski definition) is 3. The molecular weight excluding hydrogens is 276 g/mol. The molecule has 0 aromatic carbocycles. The number of primary sulfonamides is 1. The van der Waals surface area contributed by atoms with Gasteiger partial charge >= 0.3 is 5.97 Å². The Morgan fingerprint density at radius 1 is 1.63 bits per heavy atom. The summed E-state index contributed by atoms with van der Waals surface area (Å²) in [4.78, 5) is 23.9. The van der Waals surface area contributed by atoms with Gasteiger partial charge < -0.3 is 5.11 Å². The number of hydrogen-bond acceptors (Lipinski definition) is 5. The molecule has 2 rings (SSSR count). The predicted octanol–water partition coefficient (Wildman–Crippen LogP) is -1.25. The highest BCUT2D eigenvalue weighted by Gasteiger charge is 2.35. The molecule has 1 aliphatic rings. The van der Waals surface area contributed by atoms with Crippen LogP contribution < -0.4 is 10.0 Å². The number of carbonyl (C=O) groups excluding carboxylic acids is 1. The summed E-state index contributed by atoms with van der Waals surface area (Å²) in [5, 5.41) is 19.9. The minimum absolute atomic E-state index is 0.00844. The van der Waals surface area contributed by atoms with Gasteiger partial charge in [-0.25, -0.2) is 18.4 Å². The minimum atomic E-state index is -3.67. The molecular formula is C9H12N4O5S. The summed E-state index contributed by atoms with van der Waals surface area (Å²) in [6.07, 6.45) is 1.10. The van der Waals surface area contributed by atoms with Crippen molar-refractivity contribution in [2.45, 2.75) is 6.42 Å². The summed E-state index contributed by atoms with van der Waals surface area (Å²) in [7, 11) is -3.67. The number of aromatic nitrogens is 2. The van der Waals surface area contributed by atoms with Crippen molar-refractivity contribution < 1.29 is 23.1 Å². The summed E-state index contributed by atoms with van der Waals surface area (Å²) >= 11 is 0. The van der Waals surface area contributed by atoms with E-state index in [4.69, 9.17) is 10.2 Å². The first-order chi connectivity index (χ1) is 8.78. The van der Waals surface area contributed by atoms with Crippen molar-refractivity contribution >= 4 is 27.7 Å². The molecule has 0 saturated carbocycles. The molecule has 1 atom stereocenters. The Bertz CT molecular complexity index is 622. The van der Waals surface area contributed by atoms with E-state index in [9.17, 15) is 18.0 Å². The van der Waals surface area contributed by atoms with E-state index in [0.29, 0.717) is 0 Å². The van der Waals surface area contributed by atoms with E-state index < -0.39 is 21.9 Å². The summed E-state index contributed by atoms with van der Waals surface area (Å²) in [6, 6.07) is 0. The Labute approximate surface area is 108 Å². The maximum atomic E-state index is 11.8. The van der Waals surface area contributed by atoms with Crippen molar-refractivity contribution in [1.82, 2.24) is 10.2 Å². The fourth-order valence-electron chi connectivity index (χ4n) is 2.08. The van der Waals surface area contributed by atoms with Gasteiger partial charge in [-0.2, -0.15) is 5.10 Å². The molecule has 0 spiro atoms. The second kappa shape index (κ2) is 4.63. The largest absolute Gasteiger partial charge is 0.477 e. The Morgan fingerprint density at radius 3 is 2.89 bits per heavy atom. The lowest BCUT2D eigenvalue weighted by Crippen LogP contribution is -2.28. The van der Waals surface area contributed by atoms with Gasteiger partial charge in [0.2, 0.25) is 15.9 Å². The molecule has 10 heteroatoms. The number of carboxylic acids is 1. The van der Waals surface area contributed by atoms with Crippen LogP contribution in [0.5, 0.6) is 0 Å². The third-order valence-electron chi connectivity index (χ3n) is 2.79. The number of amides is 1. The molecule has 1 unspecified atom stereocenters. The predicted molar refractivity (Wildman–Crippen MR) is 64.0 cm³/mol. The molecule has 1 aromatic rings. The van der Waals surface area contributed by atoms with Gasteiger partial charge in [-0.15, -0.1) is 0 Å². The normalized spacial score (nSPS) is 19.9. The first kappa shape index (κ1) is 13.5. The van der Waals surface area contributed by atoms with E-state index in [1.165, 1.54) is 4.90 Å². The van der Waals surface area contributed by atoms with Crippen LogP contribution in [0.2, 0.25) is 0 Å². The van der Waals surface area contributed by atoms with Crippen LogP contribution in [-0.4, -0.2) is 47.9 Å². The average Bonchev–Trinajstić information content (AvgIpc) is 2.81. The highest BCUT2D eigenvalue weighted by atomic mass is 32.2. The third kappa shape index (κ3) is 2.90. The number of nitrogens with zero attached hydrogens (tertiary/aromatic N) is 2. The zero-order valence-corrected chi connectivity index (χ0v) is 10.6. The van der Waals surface area contributed by atoms with Gasteiger partial charge in [-0.05, 0) is 0 Å². The number of aromatic carboxylic acids is 1. The lowest BCUT2D eigenvalue weighted by atomic mass is 10.1. The molecule has 1 aromatic heterocycles. The highest BCUT2D eigenvalue weighted by molar-refractivity contribution is 7.89. The fraction of sp³-hybridized carbons (Fsp3) is 0.444.